The minimum atomic E-state index is 0.655. The van der Waals surface area contributed by atoms with Crippen LogP contribution in [-0.4, -0.2) is 13.1 Å². The van der Waals surface area contributed by atoms with E-state index >= 15 is 0 Å². The van der Waals surface area contributed by atoms with E-state index in [9.17, 15) is 0 Å². The Balaban J connectivity index is 1.96. The minimum absolute atomic E-state index is 0.655. The van der Waals surface area contributed by atoms with Crippen molar-refractivity contribution in [3.8, 4) is 0 Å². The third-order valence-corrected chi connectivity index (χ3v) is 5.11. The molecule has 0 aromatic rings. The van der Waals surface area contributed by atoms with E-state index in [2.05, 4.69) is 26.2 Å². The van der Waals surface area contributed by atoms with Gasteiger partial charge in [0.2, 0.25) is 0 Å². The van der Waals surface area contributed by atoms with Crippen molar-refractivity contribution in [2.24, 2.45) is 17.3 Å². The summed E-state index contributed by atoms with van der Waals surface area (Å²) in [5.74, 6) is 1.99. The zero-order valence-electron chi connectivity index (χ0n) is 10.7. The van der Waals surface area contributed by atoms with Gasteiger partial charge in [-0.2, -0.15) is 0 Å². The Morgan fingerprint density at radius 2 is 2.00 bits per heavy atom. The largest absolute Gasteiger partial charge is 0.317 e. The molecule has 2 aliphatic rings. The van der Waals surface area contributed by atoms with E-state index in [1.807, 2.05) is 0 Å². The number of hydrogen-bond acceptors (Lipinski definition) is 1. The van der Waals surface area contributed by atoms with E-state index in [-0.39, 0.29) is 0 Å². The maximum absolute atomic E-state index is 3.47. The molecule has 4 unspecified atom stereocenters. The maximum atomic E-state index is 3.47. The van der Waals surface area contributed by atoms with Gasteiger partial charge in [0.25, 0.3) is 0 Å². The molecule has 0 aromatic heterocycles. The lowest BCUT2D eigenvalue weighted by Gasteiger charge is -2.39. The zero-order chi connectivity index (χ0) is 10.9. The third-order valence-electron chi connectivity index (χ3n) is 5.11. The van der Waals surface area contributed by atoms with Crippen LogP contribution in [0.2, 0.25) is 0 Å². The molecule has 1 nitrogen and oxygen atoms in total. The Kier molecular flexibility index (Phi) is 3.39. The molecule has 2 aliphatic carbocycles. The molecule has 0 aliphatic heterocycles. The van der Waals surface area contributed by atoms with E-state index in [4.69, 9.17) is 0 Å². The Bertz CT molecular complexity index is 213. The zero-order valence-corrected chi connectivity index (χ0v) is 10.7. The lowest BCUT2D eigenvalue weighted by atomic mass is 9.66. The molecule has 0 saturated heterocycles. The predicted molar refractivity (Wildman–Crippen MR) is 65.9 cm³/mol. The topological polar surface area (TPSA) is 12.0 Å². The first-order valence-electron chi connectivity index (χ1n) is 6.81. The highest BCUT2D eigenvalue weighted by Crippen LogP contribution is 2.50. The molecule has 2 fully saturated rings. The van der Waals surface area contributed by atoms with Crippen molar-refractivity contribution in [3.63, 3.8) is 0 Å². The fraction of sp³-hybridized carbons (Fsp3) is 1.00. The molecule has 0 amide bonds. The summed E-state index contributed by atoms with van der Waals surface area (Å²) in [5.41, 5.74) is 0.655. The fourth-order valence-electron chi connectivity index (χ4n) is 3.96. The van der Waals surface area contributed by atoms with E-state index < -0.39 is 0 Å². The fourth-order valence-corrected chi connectivity index (χ4v) is 3.96. The number of hydrogen-bond donors (Lipinski definition) is 1. The second kappa shape index (κ2) is 4.45. The Hall–Kier alpha value is -0.0400. The average molecular weight is 209 g/mol. The van der Waals surface area contributed by atoms with Gasteiger partial charge in [-0.15, -0.1) is 0 Å². The van der Waals surface area contributed by atoms with Crippen molar-refractivity contribution in [2.45, 2.75) is 64.8 Å². The summed E-state index contributed by atoms with van der Waals surface area (Å²) in [5, 5.41) is 3.47. The summed E-state index contributed by atoms with van der Waals surface area (Å²) < 4.78 is 0. The van der Waals surface area contributed by atoms with Gasteiger partial charge in [0.1, 0.15) is 0 Å². The predicted octanol–water partition coefficient (Wildman–Crippen LogP) is 3.59. The summed E-state index contributed by atoms with van der Waals surface area (Å²) in [6.07, 6.45) is 10.2. The summed E-state index contributed by atoms with van der Waals surface area (Å²) in [4.78, 5) is 0. The number of nitrogens with one attached hydrogen (secondary N) is 1. The van der Waals surface area contributed by atoms with Gasteiger partial charge in [-0.1, -0.05) is 26.7 Å². The summed E-state index contributed by atoms with van der Waals surface area (Å²) >= 11 is 0. The van der Waals surface area contributed by atoms with Gasteiger partial charge in [0, 0.05) is 6.04 Å². The van der Waals surface area contributed by atoms with Crippen molar-refractivity contribution in [2.75, 3.05) is 7.05 Å². The van der Waals surface area contributed by atoms with Gasteiger partial charge in [-0.3, -0.25) is 0 Å². The van der Waals surface area contributed by atoms with Crippen LogP contribution in [0.3, 0.4) is 0 Å². The second-order valence-corrected chi connectivity index (χ2v) is 6.35. The standard InChI is InChI=1S/C14H27N/c1-11-5-4-6-12(9-11)14(2)8-7-13(10-14)15-3/h11-13,15H,4-10H2,1-3H3. The van der Waals surface area contributed by atoms with Crippen molar-refractivity contribution in [1.29, 1.82) is 0 Å². The Morgan fingerprint density at radius 1 is 1.20 bits per heavy atom. The molecule has 0 aromatic carbocycles. The molecule has 88 valence electrons. The Morgan fingerprint density at radius 3 is 2.60 bits per heavy atom. The van der Waals surface area contributed by atoms with Gasteiger partial charge in [-0.05, 0) is 56.4 Å². The summed E-state index contributed by atoms with van der Waals surface area (Å²) in [7, 11) is 2.12. The monoisotopic (exact) mass is 209 g/mol. The molecule has 0 heterocycles. The Labute approximate surface area is 95.0 Å². The molecule has 2 saturated carbocycles. The van der Waals surface area contributed by atoms with E-state index in [0.29, 0.717) is 5.41 Å². The van der Waals surface area contributed by atoms with Crippen molar-refractivity contribution >= 4 is 0 Å². The smallest absolute Gasteiger partial charge is 0.00695 e. The third kappa shape index (κ3) is 2.38. The number of rotatable bonds is 2. The molecular weight excluding hydrogens is 182 g/mol. The van der Waals surface area contributed by atoms with Gasteiger partial charge >= 0.3 is 0 Å². The molecular formula is C14H27N. The second-order valence-electron chi connectivity index (χ2n) is 6.35. The van der Waals surface area contributed by atoms with Crippen LogP contribution < -0.4 is 5.32 Å². The van der Waals surface area contributed by atoms with Crippen LogP contribution in [0.4, 0.5) is 0 Å². The van der Waals surface area contributed by atoms with Crippen LogP contribution in [0.5, 0.6) is 0 Å². The van der Waals surface area contributed by atoms with Crippen LogP contribution in [0.25, 0.3) is 0 Å². The first-order valence-corrected chi connectivity index (χ1v) is 6.81. The lowest BCUT2D eigenvalue weighted by Crippen LogP contribution is -2.31. The van der Waals surface area contributed by atoms with Gasteiger partial charge in [0.15, 0.2) is 0 Å². The highest BCUT2D eigenvalue weighted by Gasteiger charge is 2.41. The van der Waals surface area contributed by atoms with Crippen LogP contribution in [0.1, 0.15) is 58.8 Å². The SMILES string of the molecule is CNC1CCC(C)(C2CCCC(C)C2)C1. The normalized spacial score (nSPS) is 47.0. The summed E-state index contributed by atoms with van der Waals surface area (Å²) in [6.45, 7) is 4.99. The molecule has 1 heteroatoms. The first-order chi connectivity index (χ1) is 7.14. The summed E-state index contributed by atoms with van der Waals surface area (Å²) in [6, 6.07) is 0.798. The quantitative estimate of drug-likeness (QED) is 0.733. The van der Waals surface area contributed by atoms with Crippen LogP contribution in [-0.2, 0) is 0 Å². The van der Waals surface area contributed by atoms with E-state index in [0.717, 1.165) is 17.9 Å². The molecule has 2 rings (SSSR count). The highest BCUT2D eigenvalue weighted by molar-refractivity contribution is 4.94. The van der Waals surface area contributed by atoms with Gasteiger partial charge in [0.05, 0.1) is 0 Å². The average Bonchev–Trinajstić information content (AvgIpc) is 2.62. The van der Waals surface area contributed by atoms with E-state index in [1.54, 1.807) is 0 Å². The van der Waals surface area contributed by atoms with Crippen LogP contribution in [0, 0.1) is 17.3 Å². The van der Waals surface area contributed by atoms with E-state index in [1.165, 1.54) is 44.9 Å². The highest BCUT2D eigenvalue weighted by atomic mass is 14.9. The van der Waals surface area contributed by atoms with Gasteiger partial charge in [-0.25, -0.2) is 0 Å². The van der Waals surface area contributed by atoms with Gasteiger partial charge < -0.3 is 5.32 Å². The van der Waals surface area contributed by atoms with Crippen molar-refractivity contribution in [3.05, 3.63) is 0 Å². The van der Waals surface area contributed by atoms with Crippen molar-refractivity contribution in [1.82, 2.24) is 5.32 Å². The first kappa shape index (κ1) is 11.4. The molecule has 0 radical (unpaired) electrons. The molecule has 15 heavy (non-hydrogen) atoms. The molecule has 0 bridgehead atoms. The van der Waals surface area contributed by atoms with Crippen LogP contribution >= 0.6 is 0 Å². The van der Waals surface area contributed by atoms with Crippen LogP contribution in [0.15, 0.2) is 0 Å². The maximum Gasteiger partial charge on any atom is 0.00695 e. The molecule has 4 atom stereocenters. The van der Waals surface area contributed by atoms with Crippen molar-refractivity contribution < 1.29 is 0 Å². The molecule has 0 spiro atoms. The molecule has 1 N–H and O–H groups in total. The minimum Gasteiger partial charge on any atom is -0.317 e. The lowest BCUT2D eigenvalue weighted by molar-refractivity contribution is 0.116.